The third-order valence-electron chi connectivity index (χ3n) is 1.94. The first-order chi connectivity index (χ1) is 6.98. The third kappa shape index (κ3) is 1.74. The zero-order valence-corrected chi connectivity index (χ0v) is 7.39. The molecule has 0 aromatic heterocycles. The number of alkyl halides is 3. The molecule has 1 N–H and O–H groups in total. The van der Waals surface area contributed by atoms with E-state index < -0.39 is 11.9 Å². The van der Waals surface area contributed by atoms with Crippen molar-refractivity contribution < 1.29 is 22.6 Å². The molecule has 1 aliphatic rings. The van der Waals surface area contributed by atoms with Crippen LogP contribution in [0.4, 0.5) is 13.2 Å². The number of hydrogen-bond acceptors (Lipinski definition) is 3. The van der Waals surface area contributed by atoms with E-state index in [9.17, 15) is 13.2 Å². The zero-order valence-electron chi connectivity index (χ0n) is 7.39. The maximum atomic E-state index is 12.2. The van der Waals surface area contributed by atoms with Crippen LogP contribution in [0.1, 0.15) is 5.56 Å². The van der Waals surface area contributed by atoms with Crippen LogP contribution in [0.5, 0.6) is 11.5 Å². The molecule has 2 rings (SSSR count). The molecule has 0 spiro atoms. The molecule has 0 atom stereocenters. The molecule has 0 bridgehead atoms. The van der Waals surface area contributed by atoms with E-state index in [1.54, 1.807) is 0 Å². The molecule has 1 heterocycles. The fourth-order valence-electron chi connectivity index (χ4n) is 1.22. The van der Waals surface area contributed by atoms with Gasteiger partial charge in [0.05, 0.1) is 0 Å². The molecule has 1 aromatic rings. The molecule has 0 amide bonds. The Hall–Kier alpha value is -1.72. The minimum absolute atomic E-state index is 0.00185. The summed E-state index contributed by atoms with van der Waals surface area (Å²) in [5.74, 6) is 0.634. The van der Waals surface area contributed by atoms with Crippen molar-refractivity contribution in [2.45, 2.75) is 6.18 Å². The van der Waals surface area contributed by atoms with Gasteiger partial charge in [0.1, 0.15) is 5.71 Å². The Kier molecular flexibility index (Phi) is 2.06. The molecule has 80 valence electrons. The summed E-state index contributed by atoms with van der Waals surface area (Å²) in [5, 5.41) is 6.92. The molecule has 6 heteroatoms. The van der Waals surface area contributed by atoms with Crippen molar-refractivity contribution in [3.8, 4) is 11.5 Å². The summed E-state index contributed by atoms with van der Waals surface area (Å²) in [7, 11) is 0. The summed E-state index contributed by atoms with van der Waals surface area (Å²) in [4.78, 5) is 0. The highest BCUT2D eigenvalue weighted by molar-refractivity contribution is 6.02. The summed E-state index contributed by atoms with van der Waals surface area (Å²) < 4.78 is 46.4. The number of halogens is 3. The maximum absolute atomic E-state index is 12.2. The van der Waals surface area contributed by atoms with Crippen LogP contribution in [0.25, 0.3) is 0 Å². The molecule has 0 radical (unpaired) electrons. The fraction of sp³-hybridized carbons (Fsp3) is 0.222. The van der Waals surface area contributed by atoms with E-state index in [0.717, 1.165) is 6.07 Å². The van der Waals surface area contributed by atoms with E-state index in [2.05, 4.69) is 0 Å². The zero-order chi connectivity index (χ0) is 11.1. The smallest absolute Gasteiger partial charge is 0.433 e. The largest absolute Gasteiger partial charge is 0.454 e. The van der Waals surface area contributed by atoms with E-state index in [1.165, 1.54) is 12.1 Å². The molecule has 0 saturated heterocycles. The highest BCUT2D eigenvalue weighted by atomic mass is 19.4. The predicted octanol–water partition coefficient (Wildman–Crippen LogP) is 2.35. The molecule has 15 heavy (non-hydrogen) atoms. The van der Waals surface area contributed by atoms with Gasteiger partial charge >= 0.3 is 6.18 Å². The highest BCUT2D eigenvalue weighted by Gasteiger charge is 2.35. The fourth-order valence-corrected chi connectivity index (χ4v) is 1.22. The molecule has 3 nitrogen and oxygen atoms in total. The average Bonchev–Trinajstić information content (AvgIpc) is 2.61. The van der Waals surface area contributed by atoms with Crippen molar-refractivity contribution in [3.63, 3.8) is 0 Å². The first kappa shape index (κ1) is 9.82. The lowest BCUT2D eigenvalue weighted by Gasteiger charge is -2.08. The van der Waals surface area contributed by atoms with Crippen molar-refractivity contribution in [2.75, 3.05) is 6.79 Å². The van der Waals surface area contributed by atoms with Gasteiger partial charge in [0.2, 0.25) is 6.79 Å². The van der Waals surface area contributed by atoms with Crippen LogP contribution in [0.15, 0.2) is 18.2 Å². The van der Waals surface area contributed by atoms with Crippen molar-refractivity contribution >= 4 is 5.71 Å². The molecular formula is C9H6F3NO2. The number of fused-ring (bicyclic) bond motifs is 1. The van der Waals surface area contributed by atoms with Crippen LogP contribution in [-0.4, -0.2) is 18.7 Å². The Morgan fingerprint density at radius 2 is 1.87 bits per heavy atom. The predicted molar refractivity (Wildman–Crippen MR) is 45.4 cm³/mol. The van der Waals surface area contributed by atoms with Crippen LogP contribution >= 0.6 is 0 Å². The van der Waals surface area contributed by atoms with E-state index >= 15 is 0 Å². The van der Waals surface area contributed by atoms with Gasteiger partial charge in [0.25, 0.3) is 0 Å². The molecular weight excluding hydrogens is 211 g/mol. The number of nitrogens with one attached hydrogen (secondary N) is 1. The number of benzene rings is 1. The van der Waals surface area contributed by atoms with Crippen molar-refractivity contribution in [1.29, 1.82) is 5.41 Å². The molecule has 0 fully saturated rings. The SMILES string of the molecule is N=C(c1ccc2c(c1)OCO2)C(F)(F)F. The van der Waals surface area contributed by atoms with Gasteiger partial charge in [-0.15, -0.1) is 0 Å². The Balaban J connectivity index is 2.35. The second-order valence-electron chi connectivity index (χ2n) is 2.94. The van der Waals surface area contributed by atoms with Crippen LogP contribution in [0.3, 0.4) is 0 Å². The van der Waals surface area contributed by atoms with Gasteiger partial charge in [0.15, 0.2) is 11.5 Å². The molecule has 0 saturated carbocycles. The maximum Gasteiger partial charge on any atom is 0.433 e. The Labute approximate surface area is 82.9 Å². The van der Waals surface area contributed by atoms with Crippen molar-refractivity contribution in [3.05, 3.63) is 23.8 Å². The standard InChI is InChI=1S/C9H6F3NO2/c10-9(11,12)8(13)5-1-2-6-7(3-5)15-4-14-6/h1-3,13H,4H2. The lowest BCUT2D eigenvalue weighted by atomic mass is 10.1. The van der Waals surface area contributed by atoms with Crippen LogP contribution < -0.4 is 9.47 Å². The summed E-state index contributed by atoms with van der Waals surface area (Å²) in [5.41, 5.74) is -1.62. The monoisotopic (exact) mass is 217 g/mol. The number of ether oxygens (including phenoxy) is 2. The molecule has 1 aromatic carbocycles. The van der Waals surface area contributed by atoms with Crippen molar-refractivity contribution in [1.82, 2.24) is 0 Å². The number of rotatable bonds is 1. The number of hydrogen-bond donors (Lipinski definition) is 1. The first-order valence-corrected chi connectivity index (χ1v) is 4.04. The van der Waals surface area contributed by atoms with E-state index in [-0.39, 0.29) is 18.1 Å². The normalized spacial score (nSPS) is 14.1. The first-order valence-electron chi connectivity index (χ1n) is 4.04. The topological polar surface area (TPSA) is 42.3 Å². The third-order valence-corrected chi connectivity index (χ3v) is 1.94. The van der Waals surface area contributed by atoms with Gasteiger partial charge in [-0.25, -0.2) is 0 Å². The second kappa shape index (κ2) is 3.15. The summed E-state index contributed by atoms with van der Waals surface area (Å²) in [6, 6.07) is 3.69. The summed E-state index contributed by atoms with van der Waals surface area (Å²) >= 11 is 0. The lowest BCUT2D eigenvalue weighted by Crippen LogP contribution is -2.22. The molecule has 0 unspecified atom stereocenters. The minimum atomic E-state index is -4.65. The van der Waals surface area contributed by atoms with Crippen LogP contribution in [-0.2, 0) is 0 Å². The van der Waals surface area contributed by atoms with Gasteiger partial charge in [-0.05, 0) is 18.2 Å². The van der Waals surface area contributed by atoms with Crippen molar-refractivity contribution in [2.24, 2.45) is 0 Å². The van der Waals surface area contributed by atoms with Gasteiger partial charge in [-0.1, -0.05) is 0 Å². The van der Waals surface area contributed by atoms with Gasteiger partial charge in [-0.2, -0.15) is 13.2 Å². The average molecular weight is 217 g/mol. The Bertz CT molecular complexity index is 414. The molecule has 0 aliphatic carbocycles. The minimum Gasteiger partial charge on any atom is -0.454 e. The van der Waals surface area contributed by atoms with Gasteiger partial charge < -0.3 is 9.47 Å². The van der Waals surface area contributed by atoms with E-state index in [4.69, 9.17) is 14.9 Å². The van der Waals surface area contributed by atoms with Gasteiger partial charge in [0, 0.05) is 5.56 Å². The Morgan fingerprint density at radius 3 is 2.53 bits per heavy atom. The molecule has 1 aliphatic heterocycles. The van der Waals surface area contributed by atoms with Crippen LogP contribution in [0, 0.1) is 5.41 Å². The lowest BCUT2D eigenvalue weighted by molar-refractivity contribution is -0.0587. The summed E-state index contributed by atoms with van der Waals surface area (Å²) in [6.45, 7) is -0.00185. The van der Waals surface area contributed by atoms with Gasteiger partial charge in [-0.3, -0.25) is 5.41 Å². The van der Waals surface area contributed by atoms with E-state index in [0.29, 0.717) is 5.75 Å². The second-order valence-corrected chi connectivity index (χ2v) is 2.94. The highest BCUT2D eigenvalue weighted by Crippen LogP contribution is 2.34. The summed E-state index contributed by atoms with van der Waals surface area (Å²) in [6.07, 6.45) is -4.65. The Morgan fingerprint density at radius 1 is 1.20 bits per heavy atom. The van der Waals surface area contributed by atoms with E-state index in [1.807, 2.05) is 0 Å². The quantitative estimate of drug-likeness (QED) is 0.733. The van der Waals surface area contributed by atoms with Crippen LogP contribution in [0.2, 0.25) is 0 Å².